The summed E-state index contributed by atoms with van der Waals surface area (Å²) in [6, 6.07) is 15.2. The SMILES string of the molecule is CC(CN)[C@H](C(=O)OC(C)(C)C)C(=O)N1CSC[C@H]1C(=O)N[C@@H](Cc1ccccc1)C(=O)c1nc2ccccc2s1. The number of ketones is 1. The lowest BCUT2D eigenvalue weighted by Crippen LogP contribution is -2.55. The maximum absolute atomic E-state index is 13.7. The van der Waals surface area contributed by atoms with E-state index in [2.05, 4.69) is 10.3 Å². The molecule has 0 aliphatic carbocycles. The van der Waals surface area contributed by atoms with E-state index in [-0.39, 0.29) is 24.6 Å². The fourth-order valence-electron chi connectivity index (χ4n) is 4.59. The lowest BCUT2D eigenvalue weighted by molar-refractivity contribution is -0.167. The van der Waals surface area contributed by atoms with Crippen molar-refractivity contribution in [3.63, 3.8) is 0 Å². The van der Waals surface area contributed by atoms with Crippen molar-refractivity contribution in [2.24, 2.45) is 17.6 Å². The van der Waals surface area contributed by atoms with Crippen LogP contribution in [0, 0.1) is 11.8 Å². The van der Waals surface area contributed by atoms with Crippen LogP contribution in [0.15, 0.2) is 54.6 Å². The first-order valence-corrected chi connectivity index (χ1v) is 15.5. The molecule has 4 atom stereocenters. The van der Waals surface area contributed by atoms with Gasteiger partial charge in [-0.05, 0) is 50.9 Å². The molecule has 1 aliphatic heterocycles. The Morgan fingerprint density at radius 2 is 1.78 bits per heavy atom. The van der Waals surface area contributed by atoms with Crippen molar-refractivity contribution in [3.8, 4) is 0 Å². The number of benzene rings is 2. The number of aromatic nitrogens is 1. The van der Waals surface area contributed by atoms with E-state index in [1.165, 1.54) is 28.0 Å². The zero-order valence-corrected chi connectivity index (χ0v) is 25.3. The van der Waals surface area contributed by atoms with Crippen LogP contribution in [0.4, 0.5) is 0 Å². The molecule has 0 spiro atoms. The van der Waals surface area contributed by atoms with Crippen LogP contribution in [0.5, 0.6) is 0 Å². The molecule has 3 N–H and O–H groups in total. The van der Waals surface area contributed by atoms with E-state index in [0.717, 1.165) is 15.8 Å². The molecule has 218 valence electrons. The molecule has 11 heteroatoms. The summed E-state index contributed by atoms with van der Waals surface area (Å²) in [5.74, 6) is -2.97. The smallest absolute Gasteiger partial charge is 0.319 e. The van der Waals surface area contributed by atoms with Crippen LogP contribution >= 0.6 is 23.1 Å². The van der Waals surface area contributed by atoms with Crippen LogP contribution < -0.4 is 11.1 Å². The molecule has 1 fully saturated rings. The average Bonchev–Trinajstić information content (AvgIpc) is 3.59. The first-order valence-electron chi connectivity index (χ1n) is 13.5. The Labute approximate surface area is 248 Å². The number of nitrogens with two attached hydrogens (primary N) is 1. The van der Waals surface area contributed by atoms with Gasteiger partial charge in [-0.15, -0.1) is 23.1 Å². The number of esters is 1. The van der Waals surface area contributed by atoms with Crippen LogP contribution in [0.3, 0.4) is 0 Å². The third kappa shape index (κ3) is 7.52. The van der Waals surface area contributed by atoms with E-state index in [1.807, 2.05) is 54.6 Å². The van der Waals surface area contributed by atoms with Gasteiger partial charge in [0.15, 0.2) is 5.01 Å². The lowest BCUT2D eigenvalue weighted by atomic mass is 9.92. The highest BCUT2D eigenvalue weighted by molar-refractivity contribution is 7.99. The molecule has 3 aromatic rings. The number of thiazole rings is 1. The Morgan fingerprint density at radius 3 is 2.44 bits per heavy atom. The van der Waals surface area contributed by atoms with Crippen molar-refractivity contribution in [2.75, 3.05) is 18.2 Å². The largest absolute Gasteiger partial charge is 0.459 e. The van der Waals surface area contributed by atoms with E-state index in [1.54, 1.807) is 27.7 Å². The fourth-order valence-corrected chi connectivity index (χ4v) is 6.71. The minimum absolute atomic E-state index is 0.101. The number of hydrogen-bond acceptors (Lipinski definition) is 9. The number of ether oxygens (including phenoxy) is 1. The van der Waals surface area contributed by atoms with Gasteiger partial charge in [0.2, 0.25) is 17.6 Å². The number of carbonyl (C=O) groups is 4. The third-order valence-electron chi connectivity index (χ3n) is 6.76. The summed E-state index contributed by atoms with van der Waals surface area (Å²) in [6.07, 6.45) is 0.264. The lowest BCUT2D eigenvalue weighted by Gasteiger charge is -2.31. The number of fused-ring (bicyclic) bond motifs is 1. The minimum Gasteiger partial charge on any atom is -0.459 e. The number of amides is 2. The van der Waals surface area contributed by atoms with Crippen molar-refractivity contribution in [1.29, 1.82) is 0 Å². The summed E-state index contributed by atoms with van der Waals surface area (Å²) in [7, 11) is 0. The predicted molar refractivity (Wildman–Crippen MR) is 162 cm³/mol. The Hall–Kier alpha value is -3.28. The van der Waals surface area contributed by atoms with Crippen molar-refractivity contribution < 1.29 is 23.9 Å². The first-order chi connectivity index (χ1) is 19.5. The molecule has 1 unspecified atom stereocenters. The van der Waals surface area contributed by atoms with Crippen molar-refractivity contribution in [3.05, 3.63) is 65.2 Å². The maximum atomic E-state index is 13.7. The van der Waals surface area contributed by atoms with Crippen LogP contribution in [-0.4, -0.2) is 69.3 Å². The zero-order valence-electron chi connectivity index (χ0n) is 23.7. The Balaban J connectivity index is 1.57. The number of carbonyl (C=O) groups excluding carboxylic acids is 4. The van der Waals surface area contributed by atoms with Gasteiger partial charge in [-0.3, -0.25) is 19.2 Å². The molecule has 2 amide bonds. The summed E-state index contributed by atoms with van der Waals surface area (Å²) < 4.78 is 6.42. The third-order valence-corrected chi connectivity index (χ3v) is 8.82. The van der Waals surface area contributed by atoms with E-state index in [9.17, 15) is 19.2 Å². The molecule has 0 saturated carbocycles. The van der Waals surface area contributed by atoms with E-state index in [4.69, 9.17) is 10.5 Å². The standard InChI is InChI=1S/C30H36N4O5S2/c1-18(15-31)24(29(38)39-30(2,3)4)28(37)34-17-40-16-22(34)26(36)32-21(14-19-10-6-5-7-11-19)25(35)27-33-20-12-8-9-13-23(20)41-27/h5-13,18,21-22,24H,14-17,31H2,1-4H3,(H,32,36)/t18?,21-,22-,24-/m0/s1. The summed E-state index contributed by atoms with van der Waals surface area (Å²) >= 11 is 2.70. The predicted octanol–water partition coefficient (Wildman–Crippen LogP) is 3.66. The monoisotopic (exact) mass is 596 g/mol. The molecule has 1 saturated heterocycles. The van der Waals surface area contributed by atoms with Crippen LogP contribution in [0.25, 0.3) is 10.2 Å². The van der Waals surface area contributed by atoms with Crippen LogP contribution in [0.1, 0.15) is 43.1 Å². The molecule has 1 aliphatic rings. The quantitative estimate of drug-likeness (QED) is 0.206. The van der Waals surface area contributed by atoms with Gasteiger partial charge in [0.05, 0.1) is 22.1 Å². The molecular weight excluding hydrogens is 560 g/mol. The Kier molecular flexibility index (Phi) is 9.83. The van der Waals surface area contributed by atoms with Crippen molar-refractivity contribution in [1.82, 2.24) is 15.2 Å². The van der Waals surface area contributed by atoms with Gasteiger partial charge in [-0.25, -0.2) is 4.98 Å². The normalized spacial score (nSPS) is 17.6. The van der Waals surface area contributed by atoms with Gasteiger partial charge < -0.3 is 20.7 Å². The number of nitrogens with one attached hydrogen (secondary N) is 1. The minimum atomic E-state index is -1.14. The molecule has 41 heavy (non-hydrogen) atoms. The second-order valence-electron chi connectivity index (χ2n) is 11.1. The summed E-state index contributed by atoms with van der Waals surface area (Å²) in [5.41, 5.74) is 6.67. The Morgan fingerprint density at radius 1 is 1.10 bits per heavy atom. The number of hydrogen-bond donors (Lipinski definition) is 2. The second-order valence-corrected chi connectivity index (χ2v) is 13.2. The van der Waals surface area contributed by atoms with E-state index in [0.29, 0.717) is 10.8 Å². The number of thioether (sulfide) groups is 1. The van der Waals surface area contributed by atoms with E-state index >= 15 is 0 Å². The molecule has 2 aromatic carbocycles. The molecular formula is C30H36N4O5S2. The molecule has 0 radical (unpaired) electrons. The number of nitrogens with zero attached hydrogens (tertiary/aromatic N) is 2. The van der Waals surface area contributed by atoms with Crippen molar-refractivity contribution in [2.45, 2.75) is 51.8 Å². The summed E-state index contributed by atoms with van der Waals surface area (Å²) in [6.45, 7) is 7.02. The molecule has 9 nitrogen and oxygen atoms in total. The number of para-hydroxylation sites is 1. The molecule has 2 heterocycles. The zero-order chi connectivity index (χ0) is 29.7. The maximum Gasteiger partial charge on any atom is 0.319 e. The molecule has 4 rings (SSSR count). The van der Waals surface area contributed by atoms with E-state index < -0.39 is 47.3 Å². The van der Waals surface area contributed by atoms with Crippen molar-refractivity contribution >= 4 is 56.9 Å². The van der Waals surface area contributed by atoms with Gasteiger partial charge >= 0.3 is 5.97 Å². The van der Waals surface area contributed by atoms with Gasteiger partial charge in [0.1, 0.15) is 17.6 Å². The van der Waals surface area contributed by atoms with Gasteiger partial charge in [-0.2, -0.15) is 0 Å². The first kappa shape index (κ1) is 30.7. The number of rotatable bonds is 10. The Bertz CT molecular complexity index is 1370. The van der Waals surface area contributed by atoms with Crippen LogP contribution in [0.2, 0.25) is 0 Å². The second kappa shape index (κ2) is 13.1. The summed E-state index contributed by atoms with van der Waals surface area (Å²) in [4.78, 5) is 60.1. The highest BCUT2D eigenvalue weighted by Gasteiger charge is 2.44. The highest BCUT2D eigenvalue weighted by atomic mass is 32.2. The average molecular weight is 597 g/mol. The van der Waals surface area contributed by atoms with Gasteiger partial charge in [0, 0.05) is 12.2 Å². The van der Waals surface area contributed by atoms with Crippen LogP contribution in [-0.2, 0) is 25.5 Å². The molecule has 1 aromatic heterocycles. The fraction of sp³-hybridized carbons (Fsp3) is 0.433. The molecule has 0 bridgehead atoms. The van der Waals surface area contributed by atoms with Gasteiger partial charge in [0.25, 0.3) is 0 Å². The topological polar surface area (TPSA) is 132 Å². The summed E-state index contributed by atoms with van der Waals surface area (Å²) in [5, 5.41) is 3.22. The van der Waals surface area contributed by atoms with Gasteiger partial charge in [-0.1, -0.05) is 49.4 Å². The highest BCUT2D eigenvalue weighted by Crippen LogP contribution is 2.28. The number of Topliss-reactive ketones (excluding diaryl/α,β-unsaturated/α-hetero) is 1.